The molecule has 0 saturated heterocycles. The molecule has 0 saturated carbocycles. The van der Waals surface area contributed by atoms with Crippen LogP contribution in [0.2, 0.25) is 0 Å². The highest BCUT2D eigenvalue weighted by molar-refractivity contribution is 5.47. The molecular formula is C17H15NO. The quantitative estimate of drug-likeness (QED) is 0.737. The lowest BCUT2D eigenvalue weighted by Gasteiger charge is -2.18. The highest BCUT2D eigenvalue weighted by Gasteiger charge is 2.16. The van der Waals surface area contributed by atoms with Gasteiger partial charge in [0.2, 0.25) is 0 Å². The summed E-state index contributed by atoms with van der Waals surface area (Å²) in [7, 11) is 0. The Morgan fingerprint density at radius 2 is 1.42 bits per heavy atom. The molecule has 19 heavy (non-hydrogen) atoms. The van der Waals surface area contributed by atoms with Crippen LogP contribution >= 0.6 is 0 Å². The first-order valence-electron chi connectivity index (χ1n) is 6.33. The molecule has 0 fully saturated rings. The number of rotatable bonds is 4. The third-order valence-electron chi connectivity index (χ3n) is 3.05. The zero-order chi connectivity index (χ0) is 12.9. The normalized spacial score (nSPS) is 12.0. The fourth-order valence-corrected chi connectivity index (χ4v) is 2.12. The molecule has 0 aliphatic carbocycles. The summed E-state index contributed by atoms with van der Waals surface area (Å²) in [5, 5.41) is 3.50. The molecule has 0 amide bonds. The summed E-state index contributed by atoms with van der Waals surface area (Å²) in [6.07, 6.45) is 1.71. The fraction of sp³-hybridized carbons (Fsp3) is 0.0588. The monoisotopic (exact) mass is 249 g/mol. The number of furan rings is 1. The van der Waals surface area contributed by atoms with E-state index >= 15 is 0 Å². The average Bonchev–Trinajstić information content (AvgIpc) is 3.01. The van der Waals surface area contributed by atoms with Crippen molar-refractivity contribution in [2.45, 2.75) is 6.04 Å². The molecule has 94 valence electrons. The molecule has 2 nitrogen and oxygen atoms in total. The Balaban J connectivity index is 1.94. The largest absolute Gasteiger partial charge is 0.467 e. The smallest absolute Gasteiger partial charge is 0.130 e. The van der Waals surface area contributed by atoms with Gasteiger partial charge in [-0.25, -0.2) is 0 Å². The molecule has 0 bridgehead atoms. The number of benzene rings is 2. The van der Waals surface area contributed by atoms with E-state index in [2.05, 4.69) is 29.6 Å². The highest BCUT2D eigenvalue weighted by atomic mass is 16.3. The topological polar surface area (TPSA) is 25.2 Å². The van der Waals surface area contributed by atoms with Crippen molar-refractivity contribution in [1.82, 2.24) is 0 Å². The van der Waals surface area contributed by atoms with Gasteiger partial charge in [-0.1, -0.05) is 48.5 Å². The van der Waals surface area contributed by atoms with Gasteiger partial charge in [0.05, 0.1) is 6.26 Å². The summed E-state index contributed by atoms with van der Waals surface area (Å²) in [4.78, 5) is 0. The molecule has 0 aliphatic heterocycles. The second kappa shape index (κ2) is 5.44. The summed E-state index contributed by atoms with van der Waals surface area (Å²) in [6, 6.07) is 24.4. The Morgan fingerprint density at radius 3 is 2.05 bits per heavy atom. The van der Waals surface area contributed by atoms with E-state index in [0.29, 0.717) is 0 Å². The molecule has 1 aromatic heterocycles. The summed E-state index contributed by atoms with van der Waals surface area (Å²) in [5.74, 6) is 0.912. The van der Waals surface area contributed by atoms with Crippen molar-refractivity contribution in [3.05, 3.63) is 90.4 Å². The minimum atomic E-state index is 0.0265. The van der Waals surface area contributed by atoms with Crippen molar-refractivity contribution in [3.8, 4) is 0 Å². The summed E-state index contributed by atoms with van der Waals surface area (Å²) in [6.45, 7) is 0. The van der Waals surface area contributed by atoms with E-state index in [4.69, 9.17) is 4.42 Å². The molecule has 2 aromatic carbocycles. The van der Waals surface area contributed by atoms with Crippen LogP contribution in [0.25, 0.3) is 0 Å². The molecule has 0 spiro atoms. The molecular weight excluding hydrogens is 234 g/mol. The van der Waals surface area contributed by atoms with Crippen molar-refractivity contribution in [2.75, 3.05) is 5.32 Å². The molecule has 1 atom stereocenters. The van der Waals surface area contributed by atoms with Crippen LogP contribution in [-0.4, -0.2) is 0 Å². The molecule has 3 aromatic rings. The van der Waals surface area contributed by atoms with Crippen LogP contribution in [0.5, 0.6) is 0 Å². The number of nitrogens with one attached hydrogen (secondary N) is 1. The van der Waals surface area contributed by atoms with E-state index in [9.17, 15) is 0 Å². The minimum Gasteiger partial charge on any atom is -0.467 e. The number of para-hydroxylation sites is 1. The Morgan fingerprint density at radius 1 is 0.737 bits per heavy atom. The van der Waals surface area contributed by atoms with E-state index in [0.717, 1.165) is 11.4 Å². The van der Waals surface area contributed by atoms with Crippen molar-refractivity contribution < 1.29 is 4.42 Å². The predicted molar refractivity (Wildman–Crippen MR) is 77.1 cm³/mol. The lowest BCUT2D eigenvalue weighted by atomic mass is 10.0. The Bertz CT molecular complexity index is 602. The SMILES string of the molecule is c1ccc(NC(c2ccccc2)c2ccco2)cc1. The van der Waals surface area contributed by atoms with E-state index in [1.165, 1.54) is 5.56 Å². The Labute approximate surface area is 112 Å². The molecule has 1 N–H and O–H groups in total. The van der Waals surface area contributed by atoms with Crippen molar-refractivity contribution in [1.29, 1.82) is 0 Å². The number of hydrogen-bond acceptors (Lipinski definition) is 2. The maximum absolute atomic E-state index is 5.56. The molecule has 0 aliphatic rings. The van der Waals surface area contributed by atoms with Gasteiger partial charge in [0, 0.05) is 5.69 Å². The first kappa shape index (κ1) is 11.6. The lowest BCUT2D eigenvalue weighted by molar-refractivity contribution is 0.499. The van der Waals surface area contributed by atoms with Crippen LogP contribution < -0.4 is 5.32 Å². The lowest BCUT2D eigenvalue weighted by Crippen LogP contribution is -2.11. The van der Waals surface area contributed by atoms with Crippen LogP contribution in [0.3, 0.4) is 0 Å². The summed E-state index contributed by atoms with van der Waals surface area (Å²) >= 11 is 0. The van der Waals surface area contributed by atoms with E-state index in [1.54, 1.807) is 6.26 Å². The Kier molecular flexibility index (Phi) is 3.32. The first-order valence-corrected chi connectivity index (χ1v) is 6.33. The van der Waals surface area contributed by atoms with Crippen LogP contribution in [0, 0.1) is 0 Å². The van der Waals surface area contributed by atoms with Crippen molar-refractivity contribution in [2.24, 2.45) is 0 Å². The maximum atomic E-state index is 5.56. The standard InChI is InChI=1S/C17H15NO/c1-3-8-14(9-4-1)17(16-12-7-13-19-16)18-15-10-5-2-6-11-15/h1-13,17-18H. The fourth-order valence-electron chi connectivity index (χ4n) is 2.12. The van der Waals surface area contributed by atoms with E-state index in [1.807, 2.05) is 48.5 Å². The van der Waals surface area contributed by atoms with Gasteiger partial charge in [-0.15, -0.1) is 0 Å². The van der Waals surface area contributed by atoms with Crippen LogP contribution in [0.1, 0.15) is 17.4 Å². The van der Waals surface area contributed by atoms with Gasteiger partial charge in [-0.3, -0.25) is 0 Å². The van der Waals surface area contributed by atoms with Crippen molar-refractivity contribution >= 4 is 5.69 Å². The van der Waals surface area contributed by atoms with Gasteiger partial charge < -0.3 is 9.73 Å². The van der Waals surface area contributed by atoms with E-state index in [-0.39, 0.29) is 6.04 Å². The van der Waals surface area contributed by atoms with Crippen LogP contribution in [-0.2, 0) is 0 Å². The number of anilines is 1. The minimum absolute atomic E-state index is 0.0265. The van der Waals surface area contributed by atoms with Gasteiger partial charge >= 0.3 is 0 Å². The molecule has 3 rings (SSSR count). The molecule has 2 heteroatoms. The molecule has 1 unspecified atom stereocenters. The van der Waals surface area contributed by atoms with Gasteiger partial charge in [0.15, 0.2) is 0 Å². The third kappa shape index (κ3) is 2.68. The zero-order valence-electron chi connectivity index (χ0n) is 10.5. The van der Waals surface area contributed by atoms with Gasteiger partial charge in [-0.2, -0.15) is 0 Å². The highest BCUT2D eigenvalue weighted by Crippen LogP contribution is 2.26. The third-order valence-corrected chi connectivity index (χ3v) is 3.05. The van der Waals surface area contributed by atoms with Crippen molar-refractivity contribution in [3.63, 3.8) is 0 Å². The summed E-state index contributed by atoms with van der Waals surface area (Å²) < 4.78 is 5.56. The maximum Gasteiger partial charge on any atom is 0.130 e. The van der Waals surface area contributed by atoms with Crippen LogP contribution in [0.15, 0.2) is 83.5 Å². The van der Waals surface area contributed by atoms with Gasteiger partial charge in [0.25, 0.3) is 0 Å². The van der Waals surface area contributed by atoms with Crippen LogP contribution in [0.4, 0.5) is 5.69 Å². The first-order chi connectivity index (χ1) is 9.43. The predicted octanol–water partition coefficient (Wildman–Crippen LogP) is 4.48. The zero-order valence-corrected chi connectivity index (χ0v) is 10.5. The van der Waals surface area contributed by atoms with E-state index < -0.39 is 0 Å². The molecule has 1 heterocycles. The second-order valence-electron chi connectivity index (χ2n) is 4.37. The summed E-state index contributed by atoms with van der Waals surface area (Å²) in [5.41, 5.74) is 2.26. The number of hydrogen-bond donors (Lipinski definition) is 1. The van der Waals surface area contributed by atoms with Gasteiger partial charge in [-0.05, 0) is 29.8 Å². The Hall–Kier alpha value is -2.48. The molecule has 0 radical (unpaired) electrons. The second-order valence-corrected chi connectivity index (χ2v) is 4.37. The average molecular weight is 249 g/mol. The van der Waals surface area contributed by atoms with Gasteiger partial charge in [0.1, 0.15) is 11.8 Å².